The van der Waals surface area contributed by atoms with Crippen LogP contribution in [0.3, 0.4) is 0 Å². The van der Waals surface area contributed by atoms with Crippen molar-refractivity contribution in [2.24, 2.45) is 4.99 Å². The third-order valence-corrected chi connectivity index (χ3v) is 4.74. The monoisotopic (exact) mass is 438 g/mol. The second-order valence-electron chi connectivity index (χ2n) is 7.24. The molecule has 0 fully saturated rings. The van der Waals surface area contributed by atoms with Crippen LogP contribution in [0.25, 0.3) is 0 Å². The lowest BCUT2D eigenvalue weighted by molar-refractivity contribution is -0.385. The molecule has 0 atom stereocenters. The van der Waals surface area contributed by atoms with Gasteiger partial charge in [0.1, 0.15) is 0 Å². The van der Waals surface area contributed by atoms with Crippen LogP contribution < -0.4 is 15.4 Å². The van der Waals surface area contributed by atoms with E-state index in [0.29, 0.717) is 24.9 Å². The normalized spacial score (nSPS) is 10.9. The Bertz CT molecular complexity index is 883. The number of anilines is 1. The second kappa shape index (κ2) is 15.2. The number of rotatable bonds is 14. The Morgan fingerprint density at radius 1 is 1.06 bits per heavy atom. The van der Waals surface area contributed by atoms with Crippen molar-refractivity contribution in [3.63, 3.8) is 0 Å². The van der Waals surface area contributed by atoms with Gasteiger partial charge in [0.25, 0.3) is 0 Å². The van der Waals surface area contributed by atoms with Gasteiger partial charge in [-0.2, -0.15) is 5.26 Å². The summed E-state index contributed by atoms with van der Waals surface area (Å²) in [6.45, 7) is 1.15. The summed E-state index contributed by atoms with van der Waals surface area (Å²) in [6.07, 6.45) is 13.9. The number of hydrogen-bond acceptors (Lipinski definition) is 6. The molecule has 0 saturated carbocycles. The van der Waals surface area contributed by atoms with E-state index in [9.17, 15) is 10.1 Å². The topological polar surface area (TPSA) is 125 Å². The molecule has 0 saturated heterocycles. The Morgan fingerprint density at radius 2 is 1.78 bits per heavy atom. The third-order valence-electron chi connectivity index (χ3n) is 4.74. The fourth-order valence-electron chi connectivity index (χ4n) is 3.11. The number of ether oxygens (including phenoxy) is 1. The van der Waals surface area contributed by atoms with Crippen molar-refractivity contribution < 1.29 is 9.66 Å². The number of unbranched alkanes of at least 4 members (excludes halogenated alkanes) is 7. The Labute approximate surface area is 188 Å². The number of hydrogen-bond donors (Lipinski definition) is 2. The highest BCUT2D eigenvalue weighted by molar-refractivity contribution is 5.94. The molecule has 9 nitrogen and oxygen atoms in total. The van der Waals surface area contributed by atoms with Crippen LogP contribution in [0, 0.1) is 21.6 Å². The fraction of sp³-hybridized carbons (Fsp3) is 0.435. The van der Waals surface area contributed by atoms with Crippen LogP contribution in [-0.4, -0.2) is 29.0 Å². The molecule has 0 unspecified atom stereocenters. The van der Waals surface area contributed by atoms with Gasteiger partial charge >= 0.3 is 5.69 Å². The first-order valence-corrected chi connectivity index (χ1v) is 10.9. The summed E-state index contributed by atoms with van der Waals surface area (Å²) < 4.78 is 5.56. The Morgan fingerprint density at radius 3 is 2.47 bits per heavy atom. The van der Waals surface area contributed by atoms with E-state index in [1.54, 1.807) is 30.6 Å². The average molecular weight is 439 g/mol. The lowest BCUT2D eigenvalue weighted by atomic mass is 10.1. The molecular formula is C23H30N6O3. The molecule has 1 aromatic carbocycles. The van der Waals surface area contributed by atoms with Gasteiger partial charge in [-0.25, -0.2) is 0 Å². The van der Waals surface area contributed by atoms with Crippen LogP contribution in [0.4, 0.5) is 11.4 Å². The van der Waals surface area contributed by atoms with Gasteiger partial charge in [0.2, 0.25) is 5.96 Å². The summed E-state index contributed by atoms with van der Waals surface area (Å²) in [5.74, 6) is 0.771. The lowest BCUT2D eigenvalue weighted by Crippen LogP contribution is -2.27. The van der Waals surface area contributed by atoms with E-state index < -0.39 is 4.92 Å². The smallest absolute Gasteiger partial charge is 0.310 e. The lowest BCUT2D eigenvalue weighted by Gasteiger charge is -2.07. The molecule has 170 valence electrons. The highest BCUT2D eigenvalue weighted by Gasteiger charge is 2.12. The van der Waals surface area contributed by atoms with Crippen LogP contribution in [0.5, 0.6) is 5.75 Å². The van der Waals surface area contributed by atoms with Gasteiger partial charge in [-0.1, -0.05) is 50.7 Å². The second-order valence-corrected chi connectivity index (χ2v) is 7.24. The third kappa shape index (κ3) is 9.89. The molecule has 9 heteroatoms. The van der Waals surface area contributed by atoms with Gasteiger partial charge in [0.05, 0.1) is 23.4 Å². The largest absolute Gasteiger partial charge is 0.487 e. The molecule has 0 aliphatic heterocycles. The molecule has 0 spiro atoms. The van der Waals surface area contributed by atoms with E-state index in [2.05, 4.69) is 20.6 Å². The highest BCUT2D eigenvalue weighted by Crippen LogP contribution is 2.26. The molecule has 0 radical (unpaired) electrons. The van der Waals surface area contributed by atoms with Crippen molar-refractivity contribution >= 4 is 17.3 Å². The van der Waals surface area contributed by atoms with Gasteiger partial charge in [-0.05, 0) is 31.0 Å². The quantitative estimate of drug-likeness (QED) is 0.0806. The number of aromatic nitrogens is 1. The van der Waals surface area contributed by atoms with Crippen LogP contribution in [0.15, 0.2) is 53.8 Å². The number of nitriles is 1. The van der Waals surface area contributed by atoms with Crippen LogP contribution in [-0.2, 0) is 0 Å². The fourth-order valence-corrected chi connectivity index (χ4v) is 3.11. The maximum Gasteiger partial charge on any atom is 0.310 e. The average Bonchev–Trinajstić information content (AvgIpc) is 2.80. The maximum atomic E-state index is 11.0. The van der Waals surface area contributed by atoms with E-state index in [-0.39, 0.29) is 5.69 Å². The van der Waals surface area contributed by atoms with Gasteiger partial charge < -0.3 is 10.1 Å². The number of para-hydroxylation sites is 2. The number of nitrogens with one attached hydrogen (secondary N) is 2. The van der Waals surface area contributed by atoms with E-state index in [1.165, 1.54) is 18.9 Å². The molecule has 2 rings (SSSR count). The molecule has 0 amide bonds. The standard InChI is InChI=1S/C23H30N6O3/c24-19-27-23(28-20-12-11-15-25-18-20)26-16-9-5-3-1-2-4-6-10-17-32-22-14-8-7-13-21(22)29(30)31/h7-8,11-15,18H,1-6,9-10,16-17H2,(H2,26,27,28). The summed E-state index contributed by atoms with van der Waals surface area (Å²) in [4.78, 5) is 19.0. The minimum absolute atomic E-state index is 0.0141. The number of nitro groups is 1. The molecule has 2 aromatic rings. The van der Waals surface area contributed by atoms with Crippen molar-refractivity contribution in [1.29, 1.82) is 5.26 Å². The van der Waals surface area contributed by atoms with E-state index >= 15 is 0 Å². The number of nitro benzene ring substituents is 1. The highest BCUT2D eigenvalue weighted by atomic mass is 16.6. The number of nitrogens with zero attached hydrogens (tertiary/aromatic N) is 4. The maximum absolute atomic E-state index is 11.0. The molecule has 1 aromatic heterocycles. The van der Waals surface area contributed by atoms with Gasteiger partial charge in [-0.3, -0.25) is 25.4 Å². The Hall–Kier alpha value is -3.67. The molecule has 2 N–H and O–H groups in total. The molecule has 0 bridgehead atoms. The van der Waals surface area contributed by atoms with E-state index in [0.717, 1.165) is 44.2 Å². The minimum atomic E-state index is -0.418. The van der Waals surface area contributed by atoms with Gasteiger partial charge in [-0.15, -0.1) is 0 Å². The summed E-state index contributed by atoms with van der Waals surface area (Å²) in [5.41, 5.74) is 0.793. The molecule has 0 aliphatic rings. The zero-order valence-electron chi connectivity index (χ0n) is 18.2. The number of guanidine groups is 1. The number of pyridine rings is 1. The summed E-state index contributed by atoms with van der Waals surface area (Å²) >= 11 is 0. The first-order chi connectivity index (χ1) is 15.7. The van der Waals surface area contributed by atoms with Crippen molar-refractivity contribution in [2.75, 3.05) is 18.5 Å². The van der Waals surface area contributed by atoms with Crippen molar-refractivity contribution in [3.05, 3.63) is 58.9 Å². The summed E-state index contributed by atoms with van der Waals surface area (Å²) in [5, 5.41) is 25.4. The number of benzene rings is 1. The first-order valence-electron chi connectivity index (χ1n) is 10.9. The first kappa shape index (κ1) is 24.6. The van der Waals surface area contributed by atoms with Crippen molar-refractivity contribution in [3.8, 4) is 11.9 Å². The zero-order chi connectivity index (χ0) is 22.9. The molecular weight excluding hydrogens is 408 g/mol. The zero-order valence-corrected chi connectivity index (χ0v) is 18.2. The van der Waals surface area contributed by atoms with Crippen LogP contribution in [0.2, 0.25) is 0 Å². The van der Waals surface area contributed by atoms with Crippen LogP contribution >= 0.6 is 0 Å². The van der Waals surface area contributed by atoms with Crippen LogP contribution in [0.1, 0.15) is 51.4 Å². The Balaban J connectivity index is 1.48. The van der Waals surface area contributed by atoms with Gasteiger partial charge in [0, 0.05) is 18.8 Å². The predicted molar refractivity (Wildman–Crippen MR) is 124 cm³/mol. The predicted octanol–water partition coefficient (Wildman–Crippen LogP) is 5.03. The van der Waals surface area contributed by atoms with Crippen molar-refractivity contribution in [1.82, 2.24) is 10.3 Å². The molecule has 32 heavy (non-hydrogen) atoms. The van der Waals surface area contributed by atoms with Gasteiger partial charge in [0.15, 0.2) is 11.9 Å². The Kier molecular flexibility index (Phi) is 11.7. The molecule has 1 heterocycles. The van der Waals surface area contributed by atoms with E-state index in [1.807, 2.05) is 18.3 Å². The van der Waals surface area contributed by atoms with Crippen molar-refractivity contribution in [2.45, 2.75) is 51.4 Å². The number of aliphatic imine (C=N–C) groups is 1. The SMILES string of the molecule is N#CNC(=NCCCCCCCCCCOc1ccccc1[N+](=O)[O-])Nc1cccnc1. The minimum Gasteiger partial charge on any atom is -0.487 e. The summed E-state index contributed by atoms with van der Waals surface area (Å²) in [6, 6.07) is 10.1. The van der Waals surface area contributed by atoms with E-state index in [4.69, 9.17) is 10.00 Å². The molecule has 0 aliphatic carbocycles. The summed E-state index contributed by atoms with van der Waals surface area (Å²) in [7, 11) is 0.